The molecule has 0 saturated carbocycles. The van der Waals surface area contributed by atoms with E-state index in [1.54, 1.807) is 6.20 Å². The third-order valence-corrected chi connectivity index (χ3v) is 3.27. The molecule has 0 aliphatic carbocycles. The molecule has 0 spiro atoms. The molecule has 0 atom stereocenters. The van der Waals surface area contributed by atoms with Gasteiger partial charge in [-0.25, -0.2) is 0 Å². The van der Waals surface area contributed by atoms with E-state index in [0.717, 1.165) is 30.0 Å². The van der Waals surface area contributed by atoms with Gasteiger partial charge in [-0.2, -0.15) is 0 Å². The number of unbranched alkanes of at least 4 members (excludes halogenated alkanes) is 5. The van der Waals surface area contributed by atoms with Gasteiger partial charge < -0.3 is 4.74 Å². The van der Waals surface area contributed by atoms with Crippen LogP contribution in [-0.4, -0.2) is 11.6 Å². The van der Waals surface area contributed by atoms with E-state index < -0.39 is 0 Å². The number of halogens is 1. The molecule has 0 amide bonds. The molecule has 1 rings (SSSR count). The lowest BCUT2D eigenvalue weighted by Gasteiger charge is -2.10. The molecule has 0 saturated heterocycles. The van der Waals surface area contributed by atoms with E-state index in [-0.39, 0.29) is 0 Å². The fraction of sp³-hybridized carbons (Fsp3) is 0.667. The quantitative estimate of drug-likeness (QED) is 0.471. The predicted molar refractivity (Wildman–Crippen MR) is 77.4 cm³/mol. The average molecular weight is 270 g/mol. The van der Waals surface area contributed by atoms with E-state index in [1.807, 2.05) is 13.0 Å². The minimum atomic E-state index is 0.457. The van der Waals surface area contributed by atoms with Crippen LogP contribution in [0.15, 0.2) is 12.3 Å². The fourth-order valence-electron chi connectivity index (χ4n) is 1.86. The monoisotopic (exact) mass is 269 g/mol. The molecule has 0 aliphatic rings. The second-order valence-corrected chi connectivity index (χ2v) is 4.95. The molecule has 0 N–H and O–H groups in total. The molecular weight excluding hydrogens is 246 g/mol. The number of aromatic nitrogens is 1. The highest BCUT2D eigenvalue weighted by molar-refractivity contribution is 6.17. The summed E-state index contributed by atoms with van der Waals surface area (Å²) in [5.41, 5.74) is 1.95. The Bertz CT molecular complexity index is 341. The van der Waals surface area contributed by atoms with Crippen LogP contribution in [0.2, 0.25) is 0 Å². The molecule has 1 aromatic rings. The Morgan fingerprint density at radius 3 is 2.61 bits per heavy atom. The molecule has 0 aromatic carbocycles. The largest absolute Gasteiger partial charge is 0.493 e. The summed E-state index contributed by atoms with van der Waals surface area (Å²) in [7, 11) is 0. The summed E-state index contributed by atoms with van der Waals surface area (Å²) in [5.74, 6) is 1.35. The number of nitrogens with zero attached hydrogens (tertiary/aromatic N) is 1. The van der Waals surface area contributed by atoms with Gasteiger partial charge in [-0.3, -0.25) is 4.98 Å². The maximum atomic E-state index is 5.86. The number of hydrogen-bond donors (Lipinski definition) is 0. The summed E-state index contributed by atoms with van der Waals surface area (Å²) in [6, 6.07) is 1.97. The smallest absolute Gasteiger partial charge is 0.127 e. The molecule has 3 heteroatoms. The van der Waals surface area contributed by atoms with Gasteiger partial charge >= 0.3 is 0 Å². The molecule has 0 bridgehead atoms. The van der Waals surface area contributed by atoms with Gasteiger partial charge in [0.2, 0.25) is 0 Å². The molecule has 18 heavy (non-hydrogen) atoms. The highest BCUT2D eigenvalue weighted by Gasteiger charge is 2.03. The van der Waals surface area contributed by atoms with Gasteiger partial charge in [0.15, 0.2) is 0 Å². The highest BCUT2D eigenvalue weighted by atomic mass is 35.5. The zero-order chi connectivity index (χ0) is 13.2. The topological polar surface area (TPSA) is 22.1 Å². The van der Waals surface area contributed by atoms with Crippen molar-refractivity contribution in [1.82, 2.24) is 4.98 Å². The van der Waals surface area contributed by atoms with Crippen LogP contribution < -0.4 is 4.74 Å². The second kappa shape index (κ2) is 9.21. The standard InChI is InChI=1S/C15H24ClNO/c1-3-4-5-6-7-8-9-18-15-10-13(2)17-12-14(15)11-16/h10,12H,3-9,11H2,1-2H3. The van der Waals surface area contributed by atoms with Crippen molar-refractivity contribution in [2.24, 2.45) is 0 Å². The Labute approximate surface area is 116 Å². The highest BCUT2D eigenvalue weighted by Crippen LogP contribution is 2.20. The third-order valence-electron chi connectivity index (χ3n) is 2.98. The molecular formula is C15H24ClNO. The second-order valence-electron chi connectivity index (χ2n) is 4.68. The summed E-state index contributed by atoms with van der Waals surface area (Å²) >= 11 is 5.86. The van der Waals surface area contributed by atoms with Crippen LogP contribution in [0.4, 0.5) is 0 Å². The van der Waals surface area contributed by atoms with Crippen molar-refractivity contribution in [1.29, 1.82) is 0 Å². The van der Waals surface area contributed by atoms with E-state index >= 15 is 0 Å². The van der Waals surface area contributed by atoms with Gasteiger partial charge in [0.25, 0.3) is 0 Å². The van der Waals surface area contributed by atoms with Crippen molar-refractivity contribution >= 4 is 11.6 Å². The Kier molecular flexibility index (Phi) is 7.83. The summed E-state index contributed by atoms with van der Waals surface area (Å²) in [5, 5.41) is 0. The summed E-state index contributed by atoms with van der Waals surface area (Å²) in [4.78, 5) is 4.22. The number of alkyl halides is 1. The van der Waals surface area contributed by atoms with Crippen LogP contribution in [-0.2, 0) is 5.88 Å². The molecule has 102 valence electrons. The molecule has 1 aromatic heterocycles. The van der Waals surface area contributed by atoms with E-state index in [9.17, 15) is 0 Å². The van der Waals surface area contributed by atoms with Crippen molar-refractivity contribution in [2.45, 2.75) is 58.3 Å². The van der Waals surface area contributed by atoms with Gasteiger partial charge in [-0.1, -0.05) is 39.0 Å². The lowest BCUT2D eigenvalue weighted by Crippen LogP contribution is -2.01. The molecule has 0 radical (unpaired) electrons. The van der Waals surface area contributed by atoms with E-state index in [1.165, 1.54) is 32.1 Å². The fourth-order valence-corrected chi connectivity index (χ4v) is 2.06. The van der Waals surface area contributed by atoms with Crippen LogP contribution >= 0.6 is 11.6 Å². The van der Waals surface area contributed by atoms with E-state index in [4.69, 9.17) is 16.3 Å². The summed E-state index contributed by atoms with van der Waals surface area (Å²) in [6.07, 6.45) is 9.48. The molecule has 0 aliphatic heterocycles. The molecule has 0 unspecified atom stereocenters. The van der Waals surface area contributed by atoms with Crippen LogP contribution in [0.3, 0.4) is 0 Å². The zero-order valence-electron chi connectivity index (χ0n) is 11.5. The molecule has 2 nitrogen and oxygen atoms in total. The van der Waals surface area contributed by atoms with Gasteiger partial charge in [-0.15, -0.1) is 11.6 Å². The number of hydrogen-bond acceptors (Lipinski definition) is 2. The van der Waals surface area contributed by atoms with Crippen LogP contribution in [0.1, 0.15) is 56.7 Å². The van der Waals surface area contributed by atoms with Gasteiger partial charge in [0.05, 0.1) is 12.5 Å². The Hall–Kier alpha value is -0.760. The van der Waals surface area contributed by atoms with Gasteiger partial charge in [-0.05, 0) is 13.3 Å². The van der Waals surface area contributed by atoms with Crippen LogP contribution in [0.25, 0.3) is 0 Å². The first kappa shape index (κ1) is 15.3. The summed E-state index contributed by atoms with van der Waals surface area (Å²) < 4.78 is 5.79. The van der Waals surface area contributed by atoms with Crippen LogP contribution in [0.5, 0.6) is 5.75 Å². The first-order valence-electron chi connectivity index (χ1n) is 6.92. The van der Waals surface area contributed by atoms with Gasteiger partial charge in [0, 0.05) is 23.5 Å². The van der Waals surface area contributed by atoms with Crippen molar-refractivity contribution in [2.75, 3.05) is 6.61 Å². The SMILES string of the molecule is CCCCCCCCOc1cc(C)ncc1CCl. The lowest BCUT2D eigenvalue weighted by molar-refractivity contribution is 0.301. The van der Waals surface area contributed by atoms with Crippen molar-refractivity contribution in [3.63, 3.8) is 0 Å². The van der Waals surface area contributed by atoms with Crippen molar-refractivity contribution < 1.29 is 4.74 Å². The lowest BCUT2D eigenvalue weighted by atomic mass is 10.1. The van der Waals surface area contributed by atoms with Gasteiger partial charge in [0.1, 0.15) is 5.75 Å². The Morgan fingerprint density at radius 2 is 1.89 bits per heavy atom. The first-order valence-corrected chi connectivity index (χ1v) is 7.45. The predicted octanol–water partition coefficient (Wildman–Crippen LogP) is 4.87. The average Bonchev–Trinajstić information content (AvgIpc) is 2.38. The normalized spacial score (nSPS) is 10.6. The Balaban J connectivity index is 2.24. The maximum absolute atomic E-state index is 5.86. The Morgan fingerprint density at radius 1 is 1.17 bits per heavy atom. The minimum Gasteiger partial charge on any atom is -0.493 e. The summed E-state index contributed by atoms with van der Waals surface area (Å²) in [6.45, 7) is 4.98. The maximum Gasteiger partial charge on any atom is 0.127 e. The number of rotatable bonds is 9. The number of ether oxygens (including phenoxy) is 1. The minimum absolute atomic E-state index is 0.457. The zero-order valence-corrected chi connectivity index (χ0v) is 12.3. The molecule has 0 fully saturated rings. The van der Waals surface area contributed by atoms with E-state index in [2.05, 4.69) is 11.9 Å². The molecule has 1 heterocycles. The third kappa shape index (κ3) is 5.72. The van der Waals surface area contributed by atoms with Crippen molar-refractivity contribution in [3.8, 4) is 5.75 Å². The number of pyridine rings is 1. The number of aryl methyl sites for hydroxylation is 1. The van der Waals surface area contributed by atoms with Crippen LogP contribution in [0, 0.1) is 6.92 Å². The first-order chi connectivity index (χ1) is 8.77. The van der Waals surface area contributed by atoms with Crippen molar-refractivity contribution in [3.05, 3.63) is 23.5 Å². The van der Waals surface area contributed by atoms with E-state index in [0.29, 0.717) is 5.88 Å².